The Bertz CT molecular complexity index is 508. The highest BCUT2D eigenvalue weighted by molar-refractivity contribution is 6.35. The van der Waals surface area contributed by atoms with Crippen molar-refractivity contribution in [1.82, 2.24) is 5.32 Å². The molecule has 1 unspecified atom stereocenters. The fourth-order valence-corrected chi connectivity index (χ4v) is 2.03. The van der Waals surface area contributed by atoms with E-state index in [-0.39, 0.29) is 22.9 Å². The van der Waals surface area contributed by atoms with Crippen LogP contribution in [0.3, 0.4) is 0 Å². The van der Waals surface area contributed by atoms with Crippen LogP contribution in [0.1, 0.15) is 31.4 Å². The second-order valence-corrected chi connectivity index (χ2v) is 4.79. The number of amides is 1. The van der Waals surface area contributed by atoms with Crippen molar-refractivity contribution in [2.45, 2.75) is 25.8 Å². The number of carbonyl (C=O) groups is 2. The number of carboxylic acid groups (broad SMARTS) is 1. The van der Waals surface area contributed by atoms with Gasteiger partial charge >= 0.3 is 5.97 Å². The first-order valence-corrected chi connectivity index (χ1v) is 6.22. The molecule has 1 atom stereocenters. The average molecular weight is 308 g/mol. The number of hydrogen-bond donors (Lipinski definition) is 2. The van der Waals surface area contributed by atoms with E-state index in [1.54, 1.807) is 6.92 Å². The van der Waals surface area contributed by atoms with E-state index in [0.29, 0.717) is 5.56 Å². The maximum absolute atomic E-state index is 13.3. The fraction of sp³-hybridized carbons (Fsp3) is 0.333. The molecule has 7 heteroatoms. The molecule has 0 aromatic heterocycles. The predicted octanol–water partition coefficient (Wildman–Crippen LogP) is 3.17. The predicted molar refractivity (Wildman–Crippen MR) is 69.8 cm³/mol. The molecule has 0 saturated heterocycles. The number of halogens is 3. The molecule has 4 nitrogen and oxygen atoms in total. The molecule has 0 radical (unpaired) electrons. The third-order valence-electron chi connectivity index (χ3n) is 2.45. The second kappa shape index (κ2) is 6.73. The van der Waals surface area contributed by atoms with Crippen LogP contribution in [-0.4, -0.2) is 17.0 Å². The number of benzene rings is 1. The van der Waals surface area contributed by atoms with E-state index >= 15 is 0 Å². The fourth-order valence-electron chi connectivity index (χ4n) is 1.48. The minimum atomic E-state index is -1.06. The number of rotatable bonds is 5. The van der Waals surface area contributed by atoms with E-state index in [1.807, 2.05) is 0 Å². The van der Waals surface area contributed by atoms with Crippen molar-refractivity contribution in [3.63, 3.8) is 0 Å². The van der Waals surface area contributed by atoms with E-state index in [4.69, 9.17) is 28.3 Å². The molecule has 0 bridgehead atoms. The van der Waals surface area contributed by atoms with Crippen molar-refractivity contribution >= 4 is 35.1 Å². The summed E-state index contributed by atoms with van der Waals surface area (Å²) in [4.78, 5) is 21.8. The van der Waals surface area contributed by atoms with Crippen molar-refractivity contribution in [3.8, 4) is 0 Å². The summed E-state index contributed by atoms with van der Waals surface area (Å²) in [5.41, 5.74) is 0.382. The van der Waals surface area contributed by atoms with E-state index in [0.717, 1.165) is 6.07 Å². The van der Waals surface area contributed by atoms with Gasteiger partial charge in [0.15, 0.2) is 0 Å². The van der Waals surface area contributed by atoms with Gasteiger partial charge in [-0.2, -0.15) is 0 Å². The van der Waals surface area contributed by atoms with Crippen LogP contribution in [0.15, 0.2) is 12.1 Å². The van der Waals surface area contributed by atoms with Gasteiger partial charge in [-0.05, 0) is 24.6 Å². The Balaban J connectivity index is 2.73. The lowest BCUT2D eigenvalue weighted by Gasteiger charge is -2.16. The summed E-state index contributed by atoms with van der Waals surface area (Å²) in [7, 11) is 0. The second-order valence-electron chi connectivity index (χ2n) is 3.97. The van der Waals surface area contributed by atoms with Crippen molar-refractivity contribution in [2.75, 3.05) is 0 Å². The Hall–Kier alpha value is -1.33. The number of carbonyl (C=O) groups excluding carboxylic acids is 1. The first-order valence-electron chi connectivity index (χ1n) is 5.47. The maximum atomic E-state index is 13.3. The molecule has 0 heterocycles. The van der Waals surface area contributed by atoms with E-state index < -0.39 is 23.7 Å². The smallest absolute Gasteiger partial charge is 0.303 e. The summed E-state index contributed by atoms with van der Waals surface area (Å²) in [5.74, 6) is -2.13. The van der Waals surface area contributed by atoms with Crippen LogP contribution in [0.4, 0.5) is 4.39 Å². The molecule has 1 aromatic rings. The molecular formula is C12H12Cl2FNO3. The van der Waals surface area contributed by atoms with Gasteiger partial charge in [0.2, 0.25) is 5.91 Å². The normalized spacial score (nSPS) is 12.0. The third-order valence-corrected chi connectivity index (χ3v) is 3.07. The number of aliphatic carboxylic acids is 1. The van der Waals surface area contributed by atoms with Crippen LogP contribution in [0.2, 0.25) is 10.0 Å². The Morgan fingerprint density at radius 2 is 1.95 bits per heavy atom. The highest BCUT2D eigenvalue weighted by atomic mass is 35.5. The standard InChI is InChI=1S/C12H12Cl2FNO3/c1-6(16-11(17)2-3-12(18)19)7-4-10(15)9(14)5-8(7)13/h4-6H,2-3H2,1H3,(H,16,17)(H,18,19). The topological polar surface area (TPSA) is 66.4 Å². The summed E-state index contributed by atoms with van der Waals surface area (Å²) in [6, 6.07) is 1.86. The molecule has 1 rings (SSSR count). The van der Waals surface area contributed by atoms with Crippen LogP contribution >= 0.6 is 23.2 Å². The highest BCUT2D eigenvalue weighted by Crippen LogP contribution is 2.28. The SMILES string of the molecule is CC(NC(=O)CCC(=O)O)c1cc(F)c(Cl)cc1Cl. The number of nitrogens with one attached hydrogen (secondary N) is 1. The average Bonchev–Trinajstić information content (AvgIpc) is 2.31. The zero-order chi connectivity index (χ0) is 14.6. The molecular weight excluding hydrogens is 296 g/mol. The quantitative estimate of drug-likeness (QED) is 0.821. The lowest BCUT2D eigenvalue weighted by Crippen LogP contribution is -2.27. The van der Waals surface area contributed by atoms with Gasteiger partial charge < -0.3 is 10.4 Å². The van der Waals surface area contributed by atoms with Gasteiger partial charge in [-0.1, -0.05) is 23.2 Å². The minimum Gasteiger partial charge on any atom is -0.481 e. The van der Waals surface area contributed by atoms with Gasteiger partial charge in [0.05, 0.1) is 17.5 Å². The molecule has 0 saturated carbocycles. The van der Waals surface area contributed by atoms with Gasteiger partial charge in [-0.25, -0.2) is 4.39 Å². The van der Waals surface area contributed by atoms with Crippen molar-refractivity contribution < 1.29 is 19.1 Å². The summed E-state index contributed by atoms with van der Waals surface area (Å²) in [5, 5.41) is 11.1. The number of hydrogen-bond acceptors (Lipinski definition) is 2. The van der Waals surface area contributed by atoms with Gasteiger partial charge in [-0.3, -0.25) is 9.59 Å². The third kappa shape index (κ3) is 4.69. The molecule has 0 spiro atoms. The Labute approximate surface area is 119 Å². The van der Waals surface area contributed by atoms with Crippen LogP contribution in [0.5, 0.6) is 0 Å². The lowest BCUT2D eigenvalue weighted by molar-refractivity contribution is -0.138. The van der Waals surface area contributed by atoms with E-state index in [2.05, 4.69) is 5.32 Å². The molecule has 104 valence electrons. The molecule has 0 aliphatic heterocycles. The molecule has 2 N–H and O–H groups in total. The molecule has 1 amide bonds. The summed E-state index contributed by atoms with van der Waals surface area (Å²) < 4.78 is 13.3. The minimum absolute atomic E-state index is 0.0989. The number of carboxylic acids is 1. The van der Waals surface area contributed by atoms with E-state index in [9.17, 15) is 14.0 Å². The zero-order valence-corrected chi connectivity index (χ0v) is 11.6. The molecule has 1 aromatic carbocycles. The van der Waals surface area contributed by atoms with Gasteiger partial charge in [0.25, 0.3) is 0 Å². The summed E-state index contributed by atoms with van der Waals surface area (Å²) >= 11 is 11.5. The van der Waals surface area contributed by atoms with Crippen molar-refractivity contribution in [1.29, 1.82) is 0 Å². The lowest BCUT2D eigenvalue weighted by atomic mass is 10.1. The first kappa shape index (κ1) is 15.7. The molecule has 19 heavy (non-hydrogen) atoms. The zero-order valence-electron chi connectivity index (χ0n) is 10.0. The van der Waals surface area contributed by atoms with Crippen molar-refractivity contribution in [3.05, 3.63) is 33.6 Å². The molecule has 0 aliphatic rings. The first-order chi connectivity index (χ1) is 8.81. The van der Waals surface area contributed by atoms with E-state index in [1.165, 1.54) is 6.07 Å². The summed E-state index contributed by atoms with van der Waals surface area (Å²) in [6.07, 6.45) is -0.408. The van der Waals surface area contributed by atoms with Crippen LogP contribution in [0.25, 0.3) is 0 Å². The monoisotopic (exact) mass is 307 g/mol. The highest BCUT2D eigenvalue weighted by Gasteiger charge is 2.16. The van der Waals surface area contributed by atoms with Crippen LogP contribution in [0, 0.1) is 5.82 Å². The van der Waals surface area contributed by atoms with Crippen LogP contribution in [-0.2, 0) is 9.59 Å². The molecule has 0 fully saturated rings. The van der Waals surface area contributed by atoms with Crippen LogP contribution < -0.4 is 5.32 Å². The largest absolute Gasteiger partial charge is 0.481 e. The van der Waals surface area contributed by atoms with Gasteiger partial charge in [0, 0.05) is 11.4 Å². The summed E-state index contributed by atoms with van der Waals surface area (Å²) in [6.45, 7) is 1.62. The van der Waals surface area contributed by atoms with Crippen molar-refractivity contribution in [2.24, 2.45) is 0 Å². The Morgan fingerprint density at radius 3 is 2.53 bits per heavy atom. The van der Waals surface area contributed by atoms with Gasteiger partial charge in [-0.15, -0.1) is 0 Å². The Kier molecular flexibility index (Phi) is 5.57. The Morgan fingerprint density at radius 1 is 1.32 bits per heavy atom. The maximum Gasteiger partial charge on any atom is 0.303 e. The molecule has 0 aliphatic carbocycles. The van der Waals surface area contributed by atoms with Gasteiger partial charge in [0.1, 0.15) is 5.82 Å².